The molecule has 0 atom stereocenters. The highest BCUT2D eigenvalue weighted by Gasteiger charge is 2.21. The Morgan fingerprint density at radius 3 is 1.60 bits per heavy atom. The van der Waals surface area contributed by atoms with Crippen molar-refractivity contribution in [2.24, 2.45) is 0 Å². The lowest BCUT2D eigenvalue weighted by Crippen LogP contribution is -2.31. The molecule has 0 saturated carbocycles. The van der Waals surface area contributed by atoms with Crippen molar-refractivity contribution in [3.8, 4) is 11.5 Å². The summed E-state index contributed by atoms with van der Waals surface area (Å²) in [5, 5.41) is 0. The van der Waals surface area contributed by atoms with Crippen molar-refractivity contribution in [2.45, 2.75) is 124 Å². The molecule has 0 saturated heterocycles. The standard InChI is InChI=1S/C29H47NO4.ClH/c1-4-5-6-7-8-9-10-11-12-13-14-15-16-17-19-30-20-18-26-21-28(33-24(2)31)29(34-25(3)32)22-27(26)23-30;/h21-22H,4-20,23H2,1-3H3;1H. The third-order valence-electron chi connectivity index (χ3n) is 6.69. The quantitative estimate of drug-likeness (QED) is 0.122. The molecular weight excluding hydrogens is 462 g/mol. The van der Waals surface area contributed by atoms with Crippen LogP contribution < -0.4 is 9.47 Å². The summed E-state index contributed by atoms with van der Waals surface area (Å²) in [6.45, 7) is 7.96. The molecule has 0 spiro atoms. The van der Waals surface area contributed by atoms with Crippen molar-refractivity contribution >= 4 is 24.3 Å². The number of unbranched alkanes of at least 4 members (excludes halogenated alkanes) is 13. The molecule has 1 aliphatic rings. The van der Waals surface area contributed by atoms with E-state index in [2.05, 4.69) is 11.8 Å². The molecule has 1 aromatic rings. The van der Waals surface area contributed by atoms with Gasteiger partial charge in [-0.15, -0.1) is 12.4 Å². The maximum absolute atomic E-state index is 11.5. The maximum Gasteiger partial charge on any atom is 0.308 e. The van der Waals surface area contributed by atoms with Gasteiger partial charge in [-0.05, 0) is 42.6 Å². The van der Waals surface area contributed by atoms with Crippen LogP contribution in [0, 0.1) is 0 Å². The topological polar surface area (TPSA) is 55.8 Å². The molecule has 0 aliphatic carbocycles. The Morgan fingerprint density at radius 1 is 0.714 bits per heavy atom. The molecular formula is C29H48ClNO4. The van der Waals surface area contributed by atoms with Crippen LogP contribution in [0.5, 0.6) is 11.5 Å². The summed E-state index contributed by atoms with van der Waals surface area (Å²) < 4.78 is 10.6. The van der Waals surface area contributed by atoms with Gasteiger partial charge in [0.15, 0.2) is 11.5 Å². The van der Waals surface area contributed by atoms with Crippen LogP contribution in [-0.2, 0) is 22.6 Å². The summed E-state index contributed by atoms with van der Waals surface area (Å²) in [5.41, 5.74) is 2.33. The summed E-state index contributed by atoms with van der Waals surface area (Å²) in [5.74, 6) is -0.159. The predicted molar refractivity (Wildman–Crippen MR) is 146 cm³/mol. The summed E-state index contributed by atoms with van der Waals surface area (Å²) in [6.07, 6.45) is 20.2. The van der Waals surface area contributed by atoms with Crippen LogP contribution in [0.3, 0.4) is 0 Å². The Labute approximate surface area is 219 Å². The van der Waals surface area contributed by atoms with E-state index >= 15 is 0 Å². The molecule has 200 valence electrons. The molecule has 1 aromatic carbocycles. The molecule has 0 N–H and O–H groups in total. The first-order chi connectivity index (χ1) is 16.5. The lowest BCUT2D eigenvalue weighted by atomic mass is 9.98. The van der Waals surface area contributed by atoms with Gasteiger partial charge < -0.3 is 9.47 Å². The van der Waals surface area contributed by atoms with Crippen LogP contribution in [0.1, 0.15) is 122 Å². The number of hydrogen-bond donors (Lipinski definition) is 0. The molecule has 0 amide bonds. The highest BCUT2D eigenvalue weighted by atomic mass is 35.5. The van der Waals surface area contributed by atoms with E-state index in [1.807, 2.05) is 12.1 Å². The zero-order valence-electron chi connectivity index (χ0n) is 22.4. The first-order valence-electron chi connectivity index (χ1n) is 13.7. The Morgan fingerprint density at radius 2 is 1.14 bits per heavy atom. The lowest BCUT2D eigenvalue weighted by molar-refractivity contribution is -0.134. The third-order valence-corrected chi connectivity index (χ3v) is 6.69. The van der Waals surface area contributed by atoms with Gasteiger partial charge in [-0.25, -0.2) is 0 Å². The highest BCUT2D eigenvalue weighted by Crippen LogP contribution is 2.34. The van der Waals surface area contributed by atoms with E-state index in [4.69, 9.17) is 9.47 Å². The number of benzene rings is 1. The van der Waals surface area contributed by atoms with Crippen LogP contribution in [-0.4, -0.2) is 29.9 Å². The fraction of sp³-hybridized carbons (Fsp3) is 0.724. The SMILES string of the molecule is CCCCCCCCCCCCCCCCN1CCc2cc(OC(C)=O)c(OC(C)=O)cc2C1.Cl. The summed E-state index contributed by atoms with van der Waals surface area (Å²) in [4.78, 5) is 25.4. The number of carbonyl (C=O) groups is 2. The van der Waals surface area contributed by atoms with E-state index < -0.39 is 11.9 Å². The number of hydrogen-bond acceptors (Lipinski definition) is 5. The highest BCUT2D eigenvalue weighted by molar-refractivity contribution is 5.85. The minimum absolute atomic E-state index is 0. The first-order valence-corrected chi connectivity index (χ1v) is 13.7. The Hall–Kier alpha value is -1.59. The van der Waals surface area contributed by atoms with E-state index in [1.165, 1.54) is 109 Å². The largest absolute Gasteiger partial charge is 0.423 e. The fourth-order valence-corrected chi connectivity index (χ4v) is 4.81. The Bertz CT molecular complexity index is 752. The number of esters is 2. The van der Waals surface area contributed by atoms with Gasteiger partial charge in [-0.1, -0.05) is 90.4 Å². The number of ether oxygens (including phenoxy) is 2. The van der Waals surface area contributed by atoms with Crippen molar-refractivity contribution in [3.63, 3.8) is 0 Å². The third kappa shape index (κ3) is 13.3. The molecule has 1 heterocycles. The average Bonchev–Trinajstić information content (AvgIpc) is 2.79. The second-order valence-electron chi connectivity index (χ2n) is 9.88. The van der Waals surface area contributed by atoms with Gasteiger partial charge in [-0.2, -0.15) is 0 Å². The van der Waals surface area contributed by atoms with E-state index in [1.54, 1.807) is 0 Å². The predicted octanol–water partition coefficient (Wildman–Crippen LogP) is 7.80. The molecule has 0 radical (unpaired) electrons. The summed E-state index contributed by atoms with van der Waals surface area (Å²) >= 11 is 0. The van der Waals surface area contributed by atoms with Crippen molar-refractivity contribution < 1.29 is 19.1 Å². The second-order valence-corrected chi connectivity index (χ2v) is 9.88. The van der Waals surface area contributed by atoms with Gasteiger partial charge in [0.25, 0.3) is 0 Å². The number of nitrogens with zero attached hydrogens (tertiary/aromatic N) is 1. The van der Waals surface area contributed by atoms with Crippen LogP contribution in [0.4, 0.5) is 0 Å². The first kappa shape index (κ1) is 31.4. The summed E-state index contributed by atoms with van der Waals surface area (Å²) in [6, 6.07) is 3.73. The maximum atomic E-state index is 11.5. The van der Waals surface area contributed by atoms with Gasteiger partial charge in [-0.3, -0.25) is 14.5 Å². The van der Waals surface area contributed by atoms with E-state index in [0.29, 0.717) is 11.5 Å². The summed E-state index contributed by atoms with van der Waals surface area (Å²) in [7, 11) is 0. The number of rotatable bonds is 17. The molecule has 6 heteroatoms. The van der Waals surface area contributed by atoms with Crippen molar-refractivity contribution in [3.05, 3.63) is 23.3 Å². The minimum atomic E-state index is -0.413. The molecule has 0 aromatic heterocycles. The van der Waals surface area contributed by atoms with Crippen LogP contribution in [0.2, 0.25) is 0 Å². The van der Waals surface area contributed by atoms with Gasteiger partial charge in [0, 0.05) is 26.9 Å². The van der Waals surface area contributed by atoms with Gasteiger partial charge in [0.1, 0.15) is 0 Å². The second kappa shape index (κ2) is 18.6. The normalized spacial score (nSPS) is 13.1. The van der Waals surface area contributed by atoms with Crippen molar-refractivity contribution in [1.82, 2.24) is 4.90 Å². The zero-order chi connectivity index (χ0) is 24.6. The van der Waals surface area contributed by atoms with Crippen LogP contribution >= 0.6 is 12.4 Å². The smallest absolute Gasteiger partial charge is 0.308 e. The van der Waals surface area contributed by atoms with E-state index in [9.17, 15) is 9.59 Å². The van der Waals surface area contributed by atoms with Gasteiger partial charge >= 0.3 is 11.9 Å². The van der Waals surface area contributed by atoms with Gasteiger partial charge in [0.05, 0.1) is 0 Å². The monoisotopic (exact) mass is 509 g/mol. The Balaban J connectivity index is 0.00000612. The number of halogens is 1. The van der Waals surface area contributed by atoms with E-state index in [-0.39, 0.29) is 12.4 Å². The van der Waals surface area contributed by atoms with Crippen molar-refractivity contribution in [2.75, 3.05) is 13.1 Å². The molecule has 1 aliphatic heterocycles. The molecule has 2 rings (SSSR count). The number of fused-ring (bicyclic) bond motifs is 1. The number of carbonyl (C=O) groups excluding carboxylic acids is 2. The molecule has 0 fully saturated rings. The van der Waals surface area contributed by atoms with Crippen molar-refractivity contribution in [1.29, 1.82) is 0 Å². The van der Waals surface area contributed by atoms with Crippen LogP contribution in [0.15, 0.2) is 12.1 Å². The molecule has 5 nitrogen and oxygen atoms in total. The molecule has 35 heavy (non-hydrogen) atoms. The molecule has 0 bridgehead atoms. The zero-order valence-corrected chi connectivity index (χ0v) is 23.2. The van der Waals surface area contributed by atoms with Gasteiger partial charge in [0.2, 0.25) is 0 Å². The molecule has 0 unspecified atom stereocenters. The minimum Gasteiger partial charge on any atom is -0.423 e. The van der Waals surface area contributed by atoms with Crippen LogP contribution in [0.25, 0.3) is 0 Å². The Kier molecular flexibility index (Phi) is 16.8. The average molecular weight is 510 g/mol. The van der Waals surface area contributed by atoms with E-state index in [0.717, 1.165) is 31.6 Å². The fourth-order valence-electron chi connectivity index (χ4n) is 4.81. The lowest BCUT2D eigenvalue weighted by Gasteiger charge is -2.29.